The van der Waals surface area contributed by atoms with Crippen molar-refractivity contribution in [3.63, 3.8) is 0 Å². The number of aryl methyl sites for hydroxylation is 2. The Morgan fingerprint density at radius 2 is 2.00 bits per heavy atom. The number of hydrogen-bond donors (Lipinski definition) is 0. The molecule has 6 heteroatoms. The number of carbonyl (C=O) groups excluding carboxylic acids is 1. The molecule has 1 fully saturated rings. The summed E-state index contributed by atoms with van der Waals surface area (Å²) in [5.74, 6) is 0.684. The summed E-state index contributed by atoms with van der Waals surface area (Å²) < 4.78 is 1.88. The summed E-state index contributed by atoms with van der Waals surface area (Å²) in [4.78, 5) is 23.7. The fourth-order valence-corrected chi connectivity index (χ4v) is 3.72. The van der Waals surface area contributed by atoms with Crippen LogP contribution in [0.5, 0.6) is 0 Å². The fraction of sp³-hybridized carbons (Fsp3) is 0.600. The maximum absolute atomic E-state index is 12.5. The number of hydrogen-bond acceptors (Lipinski definition) is 4. The number of carbonyl (C=O) groups is 1. The van der Waals surface area contributed by atoms with Gasteiger partial charge in [0.15, 0.2) is 0 Å². The van der Waals surface area contributed by atoms with Crippen molar-refractivity contribution in [1.82, 2.24) is 24.6 Å². The molecule has 1 saturated heterocycles. The third kappa shape index (κ3) is 3.64. The quantitative estimate of drug-likeness (QED) is 0.849. The standard InChI is InChI=1S/C20H29N5O/c1-13-18(14(2)24(6)23-13)17-11-21-10-16(22-17)9-15-7-8-25(12-15)19(26)20(3,4)5/h10-11,15H,7-9,12H2,1-6H3/t15-/m1/s1. The lowest BCUT2D eigenvalue weighted by molar-refractivity contribution is -0.138. The van der Waals surface area contributed by atoms with Crippen molar-refractivity contribution in [1.29, 1.82) is 0 Å². The van der Waals surface area contributed by atoms with Crippen LogP contribution in [0.1, 0.15) is 44.3 Å². The highest BCUT2D eigenvalue weighted by Gasteiger charge is 2.33. The van der Waals surface area contributed by atoms with E-state index in [1.54, 1.807) is 0 Å². The summed E-state index contributed by atoms with van der Waals surface area (Å²) in [7, 11) is 1.95. The second kappa shape index (κ2) is 6.82. The Bertz CT molecular complexity index is 818. The molecule has 26 heavy (non-hydrogen) atoms. The average molecular weight is 355 g/mol. The van der Waals surface area contributed by atoms with E-state index in [1.807, 2.05) is 56.7 Å². The van der Waals surface area contributed by atoms with Crippen LogP contribution in [-0.4, -0.2) is 43.6 Å². The van der Waals surface area contributed by atoms with Gasteiger partial charge in [0, 0.05) is 43.0 Å². The zero-order valence-electron chi connectivity index (χ0n) is 16.7. The Morgan fingerprint density at radius 1 is 1.27 bits per heavy atom. The molecule has 0 unspecified atom stereocenters. The largest absolute Gasteiger partial charge is 0.342 e. The molecule has 1 atom stereocenters. The minimum absolute atomic E-state index is 0.237. The lowest BCUT2D eigenvalue weighted by atomic mass is 9.95. The average Bonchev–Trinajstić information content (AvgIpc) is 3.11. The Labute approximate surface area is 155 Å². The van der Waals surface area contributed by atoms with Crippen molar-refractivity contribution >= 4 is 5.91 Å². The lowest BCUT2D eigenvalue weighted by Gasteiger charge is -2.25. The van der Waals surface area contributed by atoms with Gasteiger partial charge in [-0.1, -0.05) is 20.8 Å². The van der Waals surface area contributed by atoms with Crippen LogP contribution in [0.25, 0.3) is 11.3 Å². The molecule has 140 valence electrons. The molecule has 0 aliphatic carbocycles. The van der Waals surface area contributed by atoms with E-state index in [1.165, 1.54) is 0 Å². The number of amides is 1. The molecule has 2 aromatic rings. The van der Waals surface area contributed by atoms with Gasteiger partial charge in [0.25, 0.3) is 0 Å². The normalized spacial score (nSPS) is 17.8. The highest BCUT2D eigenvalue weighted by Crippen LogP contribution is 2.27. The number of aromatic nitrogens is 4. The van der Waals surface area contributed by atoms with Gasteiger partial charge < -0.3 is 4.90 Å². The molecule has 1 aliphatic rings. The van der Waals surface area contributed by atoms with E-state index in [-0.39, 0.29) is 11.3 Å². The Kier molecular flexibility index (Phi) is 4.86. The number of likely N-dealkylation sites (tertiary alicyclic amines) is 1. The van der Waals surface area contributed by atoms with Crippen molar-refractivity contribution in [3.8, 4) is 11.3 Å². The third-order valence-electron chi connectivity index (χ3n) is 5.16. The molecular formula is C20H29N5O. The predicted octanol–water partition coefficient (Wildman–Crippen LogP) is 2.93. The predicted molar refractivity (Wildman–Crippen MR) is 102 cm³/mol. The van der Waals surface area contributed by atoms with E-state index in [2.05, 4.69) is 17.0 Å². The van der Waals surface area contributed by atoms with Crippen LogP contribution < -0.4 is 0 Å². The molecule has 0 radical (unpaired) electrons. The van der Waals surface area contributed by atoms with E-state index in [0.717, 1.165) is 54.3 Å². The summed E-state index contributed by atoms with van der Waals surface area (Å²) in [6.45, 7) is 11.7. The molecule has 0 saturated carbocycles. The van der Waals surface area contributed by atoms with Gasteiger partial charge in [-0.3, -0.25) is 14.5 Å². The van der Waals surface area contributed by atoms with Crippen LogP contribution in [0.2, 0.25) is 0 Å². The maximum Gasteiger partial charge on any atom is 0.227 e. The second-order valence-electron chi connectivity index (χ2n) is 8.43. The van der Waals surface area contributed by atoms with E-state index in [0.29, 0.717) is 5.92 Å². The van der Waals surface area contributed by atoms with Crippen LogP contribution in [-0.2, 0) is 18.3 Å². The van der Waals surface area contributed by atoms with Gasteiger partial charge in [0.1, 0.15) is 0 Å². The summed E-state index contributed by atoms with van der Waals surface area (Å²) in [6.07, 6.45) is 5.54. The van der Waals surface area contributed by atoms with Gasteiger partial charge >= 0.3 is 0 Å². The van der Waals surface area contributed by atoms with Gasteiger partial charge in [-0.25, -0.2) is 4.98 Å². The molecule has 1 amide bonds. The molecule has 6 nitrogen and oxygen atoms in total. The van der Waals surface area contributed by atoms with Gasteiger partial charge in [-0.2, -0.15) is 5.10 Å². The van der Waals surface area contributed by atoms with E-state index >= 15 is 0 Å². The minimum atomic E-state index is -0.316. The summed E-state index contributed by atoms with van der Waals surface area (Å²) in [5.41, 5.74) is 4.68. The molecule has 0 N–H and O–H groups in total. The van der Waals surface area contributed by atoms with E-state index in [4.69, 9.17) is 4.98 Å². The van der Waals surface area contributed by atoms with Gasteiger partial charge in [-0.05, 0) is 32.6 Å². The van der Waals surface area contributed by atoms with E-state index < -0.39 is 0 Å². The molecule has 0 spiro atoms. The topological polar surface area (TPSA) is 63.9 Å². The molecule has 3 rings (SSSR count). The summed E-state index contributed by atoms with van der Waals surface area (Å²) in [6, 6.07) is 0. The zero-order chi connectivity index (χ0) is 19.1. The fourth-order valence-electron chi connectivity index (χ4n) is 3.72. The second-order valence-corrected chi connectivity index (χ2v) is 8.43. The highest BCUT2D eigenvalue weighted by atomic mass is 16.2. The lowest BCUT2D eigenvalue weighted by Crippen LogP contribution is -2.38. The Hall–Kier alpha value is -2.24. The van der Waals surface area contributed by atoms with Crippen LogP contribution >= 0.6 is 0 Å². The first-order chi connectivity index (χ1) is 12.2. The maximum atomic E-state index is 12.5. The summed E-state index contributed by atoms with van der Waals surface area (Å²) in [5, 5.41) is 4.48. The Morgan fingerprint density at radius 3 is 2.62 bits per heavy atom. The molecule has 2 aromatic heterocycles. The van der Waals surface area contributed by atoms with Crippen molar-refractivity contribution in [3.05, 3.63) is 29.5 Å². The molecule has 0 bridgehead atoms. The van der Waals surface area contributed by atoms with Crippen LogP contribution in [0.4, 0.5) is 0 Å². The molecular weight excluding hydrogens is 326 g/mol. The number of nitrogens with zero attached hydrogens (tertiary/aromatic N) is 5. The number of rotatable bonds is 3. The molecule has 1 aliphatic heterocycles. The highest BCUT2D eigenvalue weighted by molar-refractivity contribution is 5.81. The summed E-state index contributed by atoms with van der Waals surface area (Å²) >= 11 is 0. The minimum Gasteiger partial charge on any atom is -0.342 e. The van der Waals surface area contributed by atoms with Crippen LogP contribution in [0.15, 0.2) is 12.4 Å². The first-order valence-corrected chi connectivity index (χ1v) is 9.27. The SMILES string of the molecule is Cc1nn(C)c(C)c1-c1cncc(C[C@H]2CCN(C(=O)C(C)(C)C)C2)n1. The first kappa shape index (κ1) is 18.5. The van der Waals surface area contributed by atoms with Crippen molar-refractivity contribution in [2.45, 2.75) is 47.5 Å². The van der Waals surface area contributed by atoms with Crippen molar-refractivity contribution < 1.29 is 4.79 Å². The molecule has 0 aromatic carbocycles. The van der Waals surface area contributed by atoms with Crippen molar-refractivity contribution in [2.75, 3.05) is 13.1 Å². The monoisotopic (exact) mass is 355 g/mol. The smallest absolute Gasteiger partial charge is 0.227 e. The van der Waals surface area contributed by atoms with Gasteiger partial charge in [0.2, 0.25) is 5.91 Å². The van der Waals surface area contributed by atoms with Crippen LogP contribution in [0, 0.1) is 25.2 Å². The first-order valence-electron chi connectivity index (χ1n) is 9.27. The van der Waals surface area contributed by atoms with Gasteiger partial charge in [0.05, 0.1) is 23.3 Å². The Balaban J connectivity index is 1.73. The zero-order valence-corrected chi connectivity index (χ0v) is 16.7. The molecule has 3 heterocycles. The van der Waals surface area contributed by atoms with E-state index in [9.17, 15) is 4.79 Å². The third-order valence-corrected chi connectivity index (χ3v) is 5.16. The van der Waals surface area contributed by atoms with Crippen molar-refractivity contribution in [2.24, 2.45) is 18.4 Å². The van der Waals surface area contributed by atoms with Crippen LogP contribution in [0.3, 0.4) is 0 Å². The van der Waals surface area contributed by atoms with Gasteiger partial charge in [-0.15, -0.1) is 0 Å².